The first kappa shape index (κ1) is 23.9. The number of aryl methyl sites for hydroxylation is 1. The number of carbonyl (C=O) groups excluding carboxylic acids is 2. The number of amides is 2. The Balaban J connectivity index is 1.48. The number of rotatable bonds is 5. The fraction of sp³-hybridized carbons (Fsp3) is 0.500. The number of morpholine rings is 1. The van der Waals surface area contributed by atoms with E-state index in [1.165, 1.54) is 23.5 Å². The van der Waals surface area contributed by atoms with Crippen LogP contribution in [0.25, 0.3) is 0 Å². The molecule has 0 atom stereocenters. The smallest absolute Gasteiger partial charge is 0.281 e. The van der Waals surface area contributed by atoms with Gasteiger partial charge in [0.25, 0.3) is 17.5 Å². The first-order valence-corrected chi connectivity index (χ1v) is 12.1. The number of benzene rings is 1. The normalized spacial score (nSPS) is 16.9. The van der Waals surface area contributed by atoms with E-state index in [0.29, 0.717) is 48.5 Å². The molecule has 12 heteroatoms. The number of ether oxygens (including phenoxy) is 1. The Kier molecular flexibility index (Phi) is 7.27. The van der Waals surface area contributed by atoms with E-state index in [1.807, 2.05) is 0 Å². The van der Waals surface area contributed by atoms with Gasteiger partial charge in [0.1, 0.15) is 4.88 Å². The maximum atomic E-state index is 13.0. The zero-order chi connectivity index (χ0) is 24.2. The molecule has 182 valence electrons. The molecule has 0 spiro atoms. The Bertz CT molecular complexity index is 1080. The van der Waals surface area contributed by atoms with Crippen LogP contribution in [0.1, 0.15) is 45.5 Å². The number of thiazole rings is 1. The van der Waals surface area contributed by atoms with E-state index in [9.17, 15) is 19.7 Å². The summed E-state index contributed by atoms with van der Waals surface area (Å²) >= 11 is 1.25. The lowest BCUT2D eigenvalue weighted by Crippen LogP contribution is -2.42. The second kappa shape index (κ2) is 10.3. The van der Waals surface area contributed by atoms with Crippen LogP contribution in [0.4, 0.5) is 16.5 Å². The number of hydrogen-bond acceptors (Lipinski definition) is 9. The average Bonchev–Trinajstić information content (AvgIpc) is 3.24. The molecule has 1 aromatic heterocycles. The molecular weight excluding hydrogens is 460 g/mol. The van der Waals surface area contributed by atoms with Crippen LogP contribution in [0.3, 0.4) is 0 Å². The lowest BCUT2D eigenvalue weighted by Gasteiger charge is -2.33. The quantitative estimate of drug-likeness (QED) is 0.485. The molecule has 2 fully saturated rings. The number of piperidine rings is 1. The highest BCUT2D eigenvalue weighted by atomic mass is 32.1. The van der Waals surface area contributed by atoms with Crippen molar-refractivity contribution in [1.29, 1.82) is 0 Å². The fourth-order valence-corrected chi connectivity index (χ4v) is 5.08. The zero-order valence-corrected chi connectivity index (χ0v) is 20.0. The van der Waals surface area contributed by atoms with E-state index in [2.05, 4.69) is 32.6 Å². The average molecular weight is 489 g/mol. The number of nitro benzene ring substituents is 1. The van der Waals surface area contributed by atoms with Crippen LogP contribution in [-0.4, -0.2) is 61.1 Å². The highest BCUT2D eigenvalue weighted by Crippen LogP contribution is 2.30. The summed E-state index contributed by atoms with van der Waals surface area (Å²) in [7, 11) is 0. The van der Waals surface area contributed by atoms with Crippen LogP contribution in [0.15, 0.2) is 18.2 Å². The number of anilines is 2. The standard InChI is InChI=1S/C22H28N6O5S/c1-14-5-7-26(8-6-14)18-4-3-16(28(31)32)13-17(18)20(29)24-25-21(30)19-15(2)23-22(34-19)27-9-11-33-12-10-27/h3-4,13-14H,5-12H2,1-2H3,(H,24,29)(H,25,30). The molecule has 2 aromatic rings. The molecule has 1 aromatic carbocycles. The van der Waals surface area contributed by atoms with Gasteiger partial charge in [-0.2, -0.15) is 0 Å². The fourth-order valence-electron chi connectivity index (χ4n) is 4.07. The number of nitrogens with one attached hydrogen (secondary N) is 2. The zero-order valence-electron chi connectivity index (χ0n) is 19.2. The van der Waals surface area contributed by atoms with Gasteiger partial charge in [0, 0.05) is 38.3 Å². The second-order valence-electron chi connectivity index (χ2n) is 8.55. The van der Waals surface area contributed by atoms with E-state index in [0.717, 1.165) is 31.1 Å². The van der Waals surface area contributed by atoms with Gasteiger partial charge in [-0.15, -0.1) is 0 Å². The molecule has 2 saturated heterocycles. The minimum absolute atomic E-state index is 0.152. The SMILES string of the molecule is Cc1nc(N2CCOCC2)sc1C(=O)NNC(=O)c1cc([N+](=O)[O-])ccc1N1CCC(C)CC1. The maximum Gasteiger partial charge on any atom is 0.281 e. The third kappa shape index (κ3) is 5.28. The predicted octanol–water partition coefficient (Wildman–Crippen LogP) is 2.51. The second-order valence-corrected chi connectivity index (χ2v) is 9.52. The maximum absolute atomic E-state index is 13.0. The molecule has 0 aliphatic carbocycles. The number of aromatic nitrogens is 1. The van der Waals surface area contributed by atoms with Crippen LogP contribution in [-0.2, 0) is 4.74 Å². The molecule has 0 unspecified atom stereocenters. The van der Waals surface area contributed by atoms with E-state index in [1.54, 1.807) is 13.0 Å². The monoisotopic (exact) mass is 488 g/mol. The van der Waals surface area contributed by atoms with Gasteiger partial charge in [0.15, 0.2) is 5.13 Å². The van der Waals surface area contributed by atoms with Crippen LogP contribution in [0.2, 0.25) is 0 Å². The van der Waals surface area contributed by atoms with E-state index in [4.69, 9.17) is 4.74 Å². The summed E-state index contributed by atoms with van der Waals surface area (Å²) in [5.41, 5.74) is 6.02. The van der Waals surface area contributed by atoms with Crippen molar-refractivity contribution in [2.24, 2.45) is 5.92 Å². The van der Waals surface area contributed by atoms with E-state index < -0.39 is 16.7 Å². The van der Waals surface area contributed by atoms with Crippen molar-refractivity contribution in [2.45, 2.75) is 26.7 Å². The van der Waals surface area contributed by atoms with Gasteiger partial charge in [0.2, 0.25) is 0 Å². The minimum Gasteiger partial charge on any atom is -0.378 e. The Morgan fingerprint density at radius 1 is 1.12 bits per heavy atom. The lowest BCUT2D eigenvalue weighted by molar-refractivity contribution is -0.384. The van der Waals surface area contributed by atoms with E-state index in [-0.39, 0.29) is 11.3 Å². The van der Waals surface area contributed by atoms with Crippen LogP contribution in [0, 0.1) is 23.0 Å². The minimum atomic E-state index is -0.610. The van der Waals surface area contributed by atoms with Crippen LogP contribution < -0.4 is 20.7 Å². The number of non-ortho nitro benzene ring substituents is 1. The van der Waals surface area contributed by atoms with Crippen molar-refractivity contribution in [1.82, 2.24) is 15.8 Å². The number of carbonyl (C=O) groups is 2. The van der Waals surface area contributed by atoms with Crippen molar-refractivity contribution in [3.05, 3.63) is 44.4 Å². The number of hydrazine groups is 1. The Morgan fingerprint density at radius 2 is 1.79 bits per heavy atom. The number of nitrogens with zero attached hydrogens (tertiary/aromatic N) is 4. The summed E-state index contributed by atoms with van der Waals surface area (Å²) in [5, 5.41) is 12.0. The molecule has 2 N–H and O–H groups in total. The largest absolute Gasteiger partial charge is 0.378 e. The molecular formula is C22H28N6O5S. The van der Waals surface area contributed by atoms with Gasteiger partial charge in [-0.05, 0) is 31.7 Å². The summed E-state index contributed by atoms with van der Waals surface area (Å²) in [6, 6.07) is 4.26. The predicted molar refractivity (Wildman–Crippen MR) is 129 cm³/mol. The van der Waals surface area contributed by atoms with Gasteiger partial charge < -0.3 is 14.5 Å². The summed E-state index contributed by atoms with van der Waals surface area (Å²) in [6.07, 6.45) is 1.95. The summed E-state index contributed by atoms with van der Waals surface area (Å²) in [6.45, 7) is 8.07. The lowest BCUT2D eigenvalue weighted by atomic mass is 9.98. The summed E-state index contributed by atoms with van der Waals surface area (Å²) < 4.78 is 5.36. The molecule has 4 rings (SSSR count). The molecule has 2 amide bonds. The number of nitro groups is 1. The Labute approximate surface area is 201 Å². The van der Waals surface area contributed by atoms with Gasteiger partial charge in [0.05, 0.1) is 35.1 Å². The van der Waals surface area contributed by atoms with Crippen molar-refractivity contribution in [3.63, 3.8) is 0 Å². The highest BCUT2D eigenvalue weighted by molar-refractivity contribution is 7.17. The first-order valence-electron chi connectivity index (χ1n) is 11.3. The number of hydrogen-bond donors (Lipinski definition) is 2. The third-order valence-electron chi connectivity index (χ3n) is 6.12. The van der Waals surface area contributed by atoms with Crippen molar-refractivity contribution < 1.29 is 19.2 Å². The molecule has 0 bridgehead atoms. The van der Waals surface area contributed by atoms with Gasteiger partial charge >= 0.3 is 0 Å². The molecule has 0 saturated carbocycles. The topological polar surface area (TPSA) is 130 Å². The van der Waals surface area contributed by atoms with Crippen LogP contribution in [0.5, 0.6) is 0 Å². The van der Waals surface area contributed by atoms with Crippen LogP contribution >= 0.6 is 11.3 Å². The summed E-state index contributed by atoms with van der Waals surface area (Å²) in [4.78, 5) is 45.6. The third-order valence-corrected chi connectivity index (χ3v) is 7.34. The Hall–Kier alpha value is -3.25. The Morgan fingerprint density at radius 3 is 2.47 bits per heavy atom. The molecule has 3 heterocycles. The van der Waals surface area contributed by atoms with Gasteiger partial charge in [-0.25, -0.2) is 4.98 Å². The molecule has 2 aliphatic rings. The molecule has 11 nitrogen and oxygen atoms in total. The molecule has 34 heavy (non-hydrogen) atoms. The van der Waals surface area contributed by atoms with Gasteiger partial charge in [-0.1, -0.05) is 18.3 Å². The summed E-state index contributed by atoms with van der Waals surface area (Å²) in [5.74, 6) is -0.501. The van der Waals surface area contributed by atoms with E-state index >= 15 is 0 Å². The van der Waals surface area contributed by atoms with Crippen molar-refractivity contribution >= 4 is 39.7 Å². The van der Waals surface area contributed by atoms with Crippen molar-refractivity contribution in [3.8, 4) is 0 Å². The van der Waals surface area contributed by atoms with Crippen molar-refractivity contribution in [2.75, 3.05) is 49.2 Å². The van der Waals surface area contributed by atoms with Gasteiger partial charge in [-0.3, -0.25) is 30.6 Å². The molecule has 0 radical (unpaired) electrons. The first-order chi connectivity index (χ1) is 16.3. The molecule has 2 aliphatic heterocycles. The highest BCUT2D eigenvalue weighted by Gasteiger charge is 2.25.